The zero-order chi connectivity index (χ0) is 14.8. The van der Waals surface area contributed by atoms with Gasteiger partial charge in [-0.3, -0.25) is 4.79 Å². The number of methoxy groups -OCH3 is 1. The van der Waals surface area contributed by atoms with Crippen LogP contribution in [0.4, 0.5) is 0 Å². The molecule has 2 rings (SSSR count). The Morgan fingerprint density at radius 3 is 2.85 bits per heavy atom. The normalized spacial score (nSPS) is 31.6. The molecule has 3 atom stereocenters. The fourth-order valence-corrected chi connectivity index (χ4v) is 3.45. The van der Waals surface area contributed by atoms with E-state index in [0.717, 1.165) is 19.3 Å². The van der Waals surface area contributed by atoms with Crippen molar-refractivity contribution in [2.45, 2.75) is 57.3 Å². The molecule has 0 aromatic rings. The molecule has 1 aliphatic carbocycles. The van der Waals surface area contributed by atoms with Crippen LogP contribution in [0.5, 0.6) is 0 Å². The van der Waals surface area contributed by atoms with Crippen molar-refractivity contribution in [2.75, 3.05) is 26.9 Å². The van der Waals surface area contributed by atoms with Crippen LogP contribution in [0.2, 0.25) is 0 Å². The largest absolute Gasteiger partial charge is 0.390 e. The molecule has 1 amide bonds. The molecule has 20 heavy (non-hydrogen) atoms. The average Bonchev–Trinajstić information content (AvgIpc) is 2.84. The van der Waals surface area contributed by atoms with Gasteiger partial charge in [0.05, 0.1) is 37.4 Å². The van der Waals surface area contributed by atoms with Crippen molar-refractivity contribution < 1.29 is 19.4 Å². The Morgan fingerprint density at radius 2 is 2.20 bits per heavy atom. The van der Waals surface area contributed by atoms with Gasteiger partial charge in [-0.05, 0) is 26.7 Å². The first-order chi connectivity index (χ1) is 9.42. The summed E-state index contributed by atoms with van der Waals surface area (Å²) in [5.41, 5.74) is -0.962. The fourth-order valence-electron chi connectivity index (χ4n) is 3.45. The van der Waals surface area contributed by atoms with E-state index in [9.17, 15) is 9.90 Å². The topological polar surface area (TPSA) is 59.0 Å². The molecular weight excluding hydrogens is 258 g/mol. The summed E-state index contributed by atoms with van der Waals surface area (Å²) in [5, 5.41) is 9.87. The summed E-state index contributed by atoms with van der Waals surface area (Å²) in [6.45, 7) is 5.13. The molecule has 0 aromatic heterocycles. The van der Waals surface area contributed by atoms with Gasteiger partial charge in [-0.1, -0.05) is 6.42 Å². The highest BCUT2D eigenvalue weighted by molar-refractivity contribution is 5.77. The van der Waals surface area contributed by atoms with Gasteiger partial charge in [0.2, 0.25) is 5.91 Å². The Morgan fingerprint density at radius 1 is 1.45 bits per heavy atom. The Kier molecular flexibility index (Phi) is 5.04. The van der Waals surface area contributed by atoms with Crippen molar-refractivity contribution in [1.29, 1.82) is 0 Å². The van der Waals surface area contributed by atoms with Crippen LogP contribution >= 0.6 is 0 Å². The number of aliphatic hydroxyl groups is 1. The van der Waals surface area contributed by atoms with E-state index in [-0.39, 0.29) is 24.5 Å². The number of amides is 1. The van der Waals surface area contributed by atoms with Crippen LogP contribution in [0.1, 0.15) is 39.5 Å². The van der Waals surface area contributed by atoms with Gasteiger partial charge in [0.15, 0.2) is 0 Å². The standard InChI is InChI=1S/C15H27NO4/c1-15(2,18)9-14(17)16-7-8-20-10-12(16)11-5-4-6-13(11)19-3/h11-13,18H,4-10H2,1-3H3/t11-,12-,13-/m1/s1. The van der Waals surface area contributed by atoms with Crippen LogP contribution < -0.4 is 0 Å². The number of hydrogen-bond acceptors (Lipinski definition) is 4. The minimum atomic E-state index is -0.962. The quantitative estimate of drug-likeness (QED) is 0.843. The first-order valence-corrected chi connectivity index (χ1v) is 7.55. The first kappa shape index (κ1) is 15.7. The maximum atomic E-state index is 12.4. The number of hydrogen-bond donors (Lipinski definition) is 1. The van der Waals surface area contributed by atoms with E-state index >= 15 is 0 Å². The highest BCUT2D eigenvalue weighted by atomic mass is 16.5. The number of rotatable bonds is 4. The molecule has 0 radical (unpaired) electrons. The van der Waals surface area contributed by atoms with Crippen molar-refractivity contribution in [3.05, 3.63) is 0 Å². The van der Waals surface area contributed by atoms with E-state index in [1.807, 2.05) is 4.90 Å². The Bertz CT molecular complexity index is 339. The molecule has 1 heterocycles. The van der Waals surface area contributed by atoms with Gasteiger partial charge in [0.1, 0.15) is 0 Å². The third-order valence-corrected chi connectivity index (χ3v) is 4.37. The van der Waals surface area contributed by atoms with Gasteiger partial charge in [-0.2, -0.15) is 0 Å². The Hall–Kier alpha value is -0.650. The average molecular weight is 285 g/mol. The molecule has 1 aliphatic heterocycles. The van der Waals surface area contributed by atoms with Crippen molar-refractivity contribution in [1.82, 2.24) is 4.90 Å². The molecular formula is C15H27NO4. The molecule has 1 saturated carbocycles. The monoisotopic (exact) mass is 285 g/mol. The second-order valence-corrected chi connectivity index (χ2v) is 6.59. The summed E-state index contributed by atoms with van der Waals surface area (Å²) in [5.74, 6) is 0.374. The number of carbonyl (C=O) groups excluding carboxylic acids is 1. The molecule has 2 fully saturated rings. The summed E-state index contributed by atoms with van der Waals surface area (Å²) in [6.07, 6.45) is 3.67. The molecule has 5 heteroatoms. The van der Waals surface area contributed by atoms with E-state index in [0.29, 0.717) is 25.7 Å². The van der Waals surface area contributed by atoms with Crippen LogP contribution in [0.3, 0.4) is 0 Å². The molecule has 0 spiro atoms. The number of carbonyl (C=O) groups is 1. The molecule has 116 valence electrons. The zero-order valence-electron chi connectivity index (χ0n) is 12.8. The third-order valence-electron chi connectivity index (χ3n) is 4.37. The van der Waals surface area contributed by atoms with Gasteiger partial charge in [0, 0.05) is 19.6 Å². The second kappa shape index (κ2) is 6.41. The summed E-state index contributed by atoms with van der Waals surface area (Å²) < 4.78 is 11.1. The lowest BCUT2D eigenvalue weighted by Gasteiger charge is -2.41. The Labute approximate surface area is 121 Å². The van der Waals surface area contributed by atoms with Gasteiger partial charge in [0.25, 0.3) is 0 Å². The number of nitrogens with zero attached hydrogens (tertiary/aromatic N) is 1. The van der Waals surface area contributed by atoms with Crippen LogP contribution in [0.25, 0.3) is 0 Å². The molecule has 5 nitrogen and oxygen atoms in total. The molecule has 1 N–H and O–H groups in total. The van der Waals surface area contributed by atoms with E-state index in [2.05, 4.69) is 0 Å². The Balaban J connectivity index is 2.07. The van der Waals surface area contributed by atoms with Crippen LogP contribution in [0, 0.1) is 5.92 Å². The predicted octanol–water partition coefficient (Wildman–Crippen LogP) is 1.19. The maximum absolute atomic E-state index is 12.4. The van der Waals surface area contributed by atoms with Gasteiger partial charge >= 0.3 is 0 Å². The molecule has 1 saturated heterocycles. The summed E-state index contributed by atoms with van der Waals surface area (Å²) in [4.78, 5) is 14.4. The summed E-state index contributed by atoms with van der Waals surface area (Å²) in [6, 6.07) is 0.0889. The highest BCUT2D eigenvalue weighted by Gasteiger charge is 2.40. The van der Waals surface area contributed by atoms with Gasteiger partial charge in [-0.25, -0.2) is 0 Å². The van der Waals surface area contributed by atoms with E-state index in [1.54, 1.807) is 21.0 Å². The minimum absolute atomic E-state index is 0.0209. The lowest BCUT2D eigenvalue weighted by Crippen LogP contribution is -2.54. The van der Waals surface area contributed by atoms with Crippen molar-refractivity contribution >= 4 is 5.91 Å². The molecule has 0 unspecified atom stereocenters. The highest BCUT2D eigenvalue weighted by Crippen LogP contribution is 2.34. The maximum Gasteiger partial charge on any atom is 0.225 e. The SMILES string of the molecule is CO[C@@H]1CCC[C@@H]1[C@H]1COCCN1C(=O)CC(C)(C)O. The van der Waals surface area contributed by atoms with Gasteiger partial charge < -0.3 is 19.5 Å². The van der Waals surface area contributed by atoms with Crippen molar-refractivity contribution in [3.8, 4) is 0 Å². The minimum Gasteiger partial charge on any atom is -0.390 e. The van der Waals surface area contributed by atoms with Crippen molar-refractivity contribution in [3.63, 3.8) is 0 Å². The van der Waals surface area contributed by atoms with E-state index in [1.165, 1.54) is 0 Å². The number of ether oxygens (including phenoxy) is 2. The van der Waals surface area contributed by atoms with Gasteiger partial charge in [-0.15, -0.1) is 0 Å². The molecule has 0 aromatic carbocycles. The lowest BCUT2D eigenvalue weighted by molar-refractivity contribution is -0.148. The predicted molar refractivity (Wildman–Crippen MR) is 75.4 cm³/mol. The lowest BCUT2D eigenvalue weighted by atomic mass is 9.93. The van der Waals surface area contributed by atoms with E-state index in [4.69, 9.17) is 9.47 Å². The summed E-state index contributed by atoms with van der Waals surface area (Å²) >= 11 is 0. The smallest absolute Gasteiger partial charge is 0.225 e. The van der Waals surface area contributed by atoms with Crippen LogP contribution in [0.15, 0.2) is 0 Å². The van der Waals surface area contributed by atoms with E-state index < -0.39 is 5.60 Å². The third kappa shape index (κ3) is 3.71. The van der Waals surface area contributed by atoms with Crippen LogP contribution in [-0.4, -0.2) is 60.5 Å². The number of morpholine rings is 1. The molecule has 0 bridgehead atoms. The second-order valence-electron chi connectivity index (χ2n) is 6.59. The first-order valence-electron chi connectivity index (χ1n) is 7.55. The fraction of sp³-hybridized carbons (Fsp3) is 0.933. The molecule has 2 aliphatic rings. The summed E-state index contributed by atoms with van der Waals surface area (Å²) in [7, 11) is 1.75. The zero-order valence-corrected chi connectivity index (χ0v) is 12.8. The van der Waals surface area contributed by atoms with Crippen molar-refractivity contribution in [2.24, 2.45) is 5.92 Å². The van der Waals surface area contributed by atoms with Crippen LogP contribution in [-0.2, 0) is 14.3 Å².